The van der Waals surface area contributed by atoms with Gasteiger partial charge >= 0.3 is 15.2 Å². The minimum absolute atomic E-state index is 0.0791. The lowest BCUT2D eigenvalue weighted by Crippen LogP contribution is -2.30. The van der Waals surface area contributed by atoms with E-state index in [2.05, 4.69) is 0 Å². The monoisotopic (exact) mass is 332 g/mol. The molecular formula is C11H26O7P2. The van der Waals surface area contributed by atoms with Gasteiger partial charge in [0.15, 0.2) is 0 Å². The molecule has 0 saturated heterocycles. The fourth-order valence-electron chi connectivity index (χ4n) is 1.93. The Morgan fingerprint density at radius 3 is 1.25 bits per heavy atom. The lowest BCUT2D eigenvalue weighted by atomic mass is 9.96. The maximum atomic E-state index is 12.0. The van der Waals surface area contributed by atoms with Crippen molar-refractivity contribution in [3.8, 4) is 0 Å². The van der Waals surface area contributed by atoms with Gasteiger partial charge in [-0.25, -0.2) is 0 Å². The van der Waals surface area contributed by atoms with Gasteiger partial charge in [0.2, 0.25) is 0 Å². The molecule has 2 unspecified atom stereocenters. The first-order valence-corrected chi connectivity index (χ1v) is 9.71. The molecule has 0 spiro atoms. The minimum Gasteiger partial charge on any atom is -0.393 e. The standard InChI is InChI=1S/C11H26O7P2/c1-9(7-19(13,15-3)16-4)11(12)10(2)8-20(14,17-5)18-6/h9-12H,7-8H2,1-6H3. The van der Waals surface area contributed by atoms with E-state index >= 15 is 0 Å². The summed E-state index contributed by atoms with van der Waals surface area (Å²) in [6.07, 6.45) is -0.668. The average Bonchev–Trinajstić information content (AvgIpc) is 2.45. The average molecular weight is 332 g/mol. The summed E-state index contributed by atoms with van der Waals surface area (Å²) >= 11 is 0. The van der Waals surface area contributed by atoms with E-state index in [1.807, 2.05) is 0 Å². The van der Waals surface area contributed by atoms with E-state index in [0.717, 1.165) is 0 Å². The molecule has 0 aromatic heterocycles. The van der Waals surface area contributed by atoms with Gasteiger partial charge in [0.05, 0.1) is 18.4 Å². The summed E-state index contributed by atoms with van der Waals surface area (Å²) < 4.78 is 43.4. The third-order valence-electron chi connectivity index (χ3n) is 3.30. The van der Waals surface area contributed by atoms with Crippen molar-refractivity contribution in [3.05, 3.63) is 0 Å². The summed E-state index contributed by atoms with van der Waals surface area (Å²) in [4.78, 5) is 0. The molecule has 0 amide bonds. The molecule has 122 valence electrons. The number of aliphatic hydroxyl groups is 1. The molecule has 20 heavy (non-hydrogen) atoms. The third kappa shape index (κ3) is 5.94. The van der Waals surface area contributed by atoms with Crippen LogP contribution >= 0.6 is 15.2 Å². The molecule has 0 saturated carbocycles. The Kier molecular flexibility index (Phi) is 8.75. The number of hydrogen-bond acceptors (Lipinski definition) is 7. The van der Waals surface area contributed by atoms with Gasteiger partial charge in [-0.3, -0.25) is 9.13 Å². The third-order valence-corrected chi connectivity index (χ3v) is 7.57. The molecule has 0 aliphatic carbocycles. The van der Waals surface area contributed by atoms with E-state index in [1.165, 1.54) is 28.4 Å². The Balaban J connectivity index is 4.69. The van der Waals surface area contributed by atoms with Gasteiger partial charge in [-0.1, -0.05) is 13.8 Å². The first-order chi connectivity index (χ1) is 9.16. The first kappa shape index (κ1) is 20.3. The lowest BCUT2D eigenvalue weighted by molar-refractivity contribution is 0.0763. The predicted molar refractivity (Wildman–Crippen MR) is 77.3 cm³/mol. The van der Waals surface area contributed by atoms with Gasteiger partial charge in [-0.05, 0) is 11.8 Å². The molecule has 9 heteroatoms. The normalized spacial score (nSPS) is 17.8. The van der Waals surface area contributed by atoms with Gasteiger partial charge in [0.25, 0.3) is 0 Å². The van der Waals surface area contributed by atoms with Crippen LogP contribution in [0.25, 0.3) is 0 Å². The van der Waals surface area contributed by atoms with Crippen molar-refractivity contribution in [1.29, 1.82) is 0 Å². The van der Waals surface area contributed by atoms with Crippen LogP contribution in [0.1, 0.15) is 13.8 Å². The molecule has 2 atom stereocenters. The van der Waals surface area contributed by atoms with Crippen molar-refractivity contribution >= 4 is 15.2 Å². The van der Waals surface area contributed by atoms with Crippen LogP contribution in [0.2, 0.25) is 0 Å². The minimum atomic E-state index is -3.19. The second kappa shape index (κ2) is 8.64. The SMILES string of the molecule is COP(=O)(CC(C)C(O)C(C)CP(=O)(OC)OC)OC. The van der Waals surface area contributed by atoms with Gasteiger partial charge < -0.3 is 23.2 Å². The first-order valence-electron chi connectivity index (χ1n) is 6.26. The molecule has 0 heterocycles. The van der Waals surface area contributed by atoms with E-state index in [0.29, 0.717) is 0 Å². The summed E-state index contributed by atoms with van der Waals surface area (Å²) in [6.45, 7) is 3.47. The highest BCUT2D eigenvalue weighted by Crippen LogP contribution is 2.51. The second-order valence-corrected chi connectivity index (χ2v) is 9.40. The number of hydrogen-bond donors (Lipinski definition) is 1. The summed E-state index contributed by atoms with van der Waals surface area (Å²) in [7, 11) is -1.17. The molecule has 0 aromatic carbocycles. The van der Waals surface area contributed by atoms with Crippen LogP contribution in [0.3, 0.4) is 0 Å². The zero-order chi connectivity index (χ0) is 16.0. The predicted octanol–water partition coefficient (Wildman–Crippen LogP) is 2.59. The largest absolute Gasteiger partial charge is 0.393 e. The zero-order valence-electron chi connectivity index (χ0n) is 12.9. The van der Waals surface area contributed by atoms with Gasteiger partial charge in [0.1, 0.15) is 0 Å². The van der Waals surface area contributed by atoms with Gasteiger partial charge in [0, 0.05) is 28.4 Å². The van der Waals surface area contributed by atoms with Crippen LogP contribution in [0.15, 0.2) is 0 Å². The van der Waals surface area contributed by atoms with Crippen LogP contribution < -0.4 is 0 Å². The highest BCUT2D eigenvalue weighted by atomic mass is 31.2. The molecule has 0 bridgehead atoms. The van der Waals surface area contributed by atoms with Crippen LogP contribution in [0, 0.1) is 11.8 Å². The van der Waals surface area contributed by atoms with Crippen molar-refractivity contribution in [1.82, 2.24) is 0 Å². The Morgan fingerprint density at radius 1 is 0.800 bits per heavy atom. The molecular weight excluding hydrogens is 306 g/mol. The number of aliphatic hydroxyl groups excluding tert-OH is 1. The van der Waals surface area contributed by atoms with E-state index in [4.69, 9.17) is 18.1 Å². The lowest BCUT2D eigenvalue weighted by Gasteiger charge is -2.28. The summed E-state index contributed by atoms with van der Waals surface area (Å²) in [6, 6.07) is 0. The molecule has 0 aromatic rings. The Bertz CT molecular complexity index is 324. The maximum absolute atomic E-state index is 12.0. The fourth-order valence-corrected chi connectivity index (χ4v) is 4.67. The Labute approximate surface area is 121 Å². The van der Waals surface area contributed by atoms with Crippen molar-refractivity contribution in [2.24, 2.45) is 11.8 Å². The molecule has 0 rings (SSSR count). The van der Waals surface area contributed by atoms with E-state index in [1.54, 1.807) is 13.8 Å². The Hall–Kier alpha value is 0.260. The van der Waals surface area contributed by atoms with Gasteiger partial charge in [-0.15, -0.1) is 0 Å². The summed E-state index contributed by atoms with van der Waals surface area (Å²) in [5.74, 6) is -0.698. The molecule has 0 aliphatic rings. The molecule has 0 radical (unpaired) electrons. The highest BCUT2D eigenvalue weighted by molar-refractivity contribution is 7.54. The van der Waals surface area contributed by atoms with Crippen LogP contribution in [0.4, 0.5) is 0 Å². The number of rotatable bonds is 10. The topological polar surface area (TPSA) is 91.3 Å². The van der Waals surface area contributed by atoms with Crippen LogP contribution in [-0.4, -0.2) is 52.0 Å². The highest BCUT2D eigenvalue weighted by Gasteiger charge is 2.34. The Morgan fingerprint density at radius 2 is 1.05 bits per heavy atom. The quantitative estimate of drug-likeness (QED) is 0.615. The summed E-state index contributed by atoms with van der Waals surface area (Å²) in [5, 5.41) is 10.2. The maximum Gasteiger partial charge on any atom is 0.330 e. The van der Waals surface area contributed by atoms with E-state index < -0.39 is 21.3 Å². The van der Waals surface area contributed by atoms with Crippen molar-refractivity contribution in [3.63, 3.8) is 0 Å². The van der Waals surface area contributed by atoms with Crippen LogP contribution in [-0.2, 0) is 27.2 Å². The van der Waals surface area contributed by atoms with Crippen LogP contribution in [0.5, 0.6) is 0 Å². The molecule has 0 aliphatic heterocycles. The van der Waals surface area contributed by atoms with E-state index in [9.17, 15) is 14.2 Å². The fraction of sp³-hybridized carbons (Fsp3) is 1.00. The summed E-state index contributed by atoms with van der Waals surface area (Å²) in [5.41, 5.74) is 0. The molecule has 1 N–H and O–H groups in total. The van der Waals surface area contributed by atoms with E-state index in [-0.39, 0.29) is 24.2 Å². The van der Waals surface area contributed by atoms with Crippen molar-refractivity contribution < 1.29 is 32.3 Å². The van der Waals surface area contributed by atoms with Crippen molar-refractivity contribution in [2.75, 3.05) is 40.8 Å². The molecule has 7 nitrogen and oxygen atoms in total. The van der Waals surface area contributed by atoms with Crippen molar-refractivity contribution in [2.45, 2.75) is 20.0 Å². The smallest absolute Gasteiger partial charge is 0.330 e. The second-order valence-electron chi connectivity index (χ2n) is 4.76. The van der Waals surface area contributed by atoms with Gasteiger partial charge in [-0.2, -0.15) is 0 Å². The zero-order valence-corrected chi connectivity index (χ0v) is 14.7. The molecule has 0 fully saturated rings.